The first kappa shape index (κ1) is 18.6. The van der Waals surface area contributed by atoms with E-state index in [1.165, 1.54) is 12.1 Å². The van der Waals surface area contributed by atoms with E-state index >= 15 is 0 Å². The van der Waals surface area contributed by atoms with Gasteiger partial charge in [-0.25, -0.2) is 21.6 Å². The molecule has 0 fully saturated rings. The number of nitrogens with one attached hydrogen (secondary N) is 1. The van der Waals surface area contributed by atoms with Gasteiger partial charge in [-0.3, -0.25) is 0 Å². The van der Waals surface area contributed by atoms with Crippen LogP contribution in [0.25, 0.3) is 10.8 Å². The van der Waals surface area contributed by atoms with Gasteiger partial charge >= 0.3 is 0 Å². The van der Waals surface area contributed by atoms with E-state index in [0.717, 1.165) is 17.0 Å². The average Bonchev–Trinajstić information content (AvgIpc) is 2.60. The SMILES string of the molecule is C[C@@H](NS(=O)(=O)c1ccc2ccccc2c1)c1ccc(S(C)(=O)=O)cc1. The molecule has 0 aromatic heterocycles. The quantitative estimate of drug-likeness (QED) is 0.726. The van der Waals surface area contributed by atoms with Gasteiger partial charge in [0.1, 0.15) is 0 Å². The molecule has 5 nitrogen and oxygen atoms in total. The third-order valence-electron chi connectivity index (χ3n) is 4.17. The molecule has 0 bridgehead atoms. The minimum Gasteiger partial charge on any atom is -0.224 e. The lowest BCUT2D eigenvalue weighted by Crippen LogP contribution is -2.26. The number of hydrogen-bond acceptors (Lipinski definition) is 4. The second-order valence-corrected chi connectivity index (χ2v) is 9.92. The predicted octanol–water partition coefficient (Wildman–Crippen LogP) is 3.28. The fraction of sp³-hybridized carbons (Fsp3) is 0.158. The maximum Gasteiger partial charge on any atom is 0.241 e. The summed E-state index contributed by atoms with van der Waals surface area (Å²) in [5.41, 5.74) is 0.682. The van der Waals surface area contributed by atoms with Crippen molar-refractivity contribution in [2.45, 2.75) is 22.8 Å². The van der Waals surface area contributed by atoms with Gasteiger partial charge in [0.05, 0.1) is 9.79 Å². The molecule has 26 heavy (non-hydrogen) atoms. The van der Waals surface area contributed by atoms with E-state index in [9.17, 15) is 16.8 Å². The van der Waals surface area contributed by atoms with Crippen molar-refractivity contribution in [2.24, 2.45) is 0 Å². The number of rotatable bonds is 5. The van der Waals surface area contributed by atoms with Crippen molar-refractivity contribution in [1.29, 1.82) is 0 Å². The summed E-state index contributed by atoms with van der Waals surface area (Å²) in [5.74, 6) is 0. The highest BCUT2D eigenvalue weighted by molar-refractivity contribution is 7.90. The third-order valence-corrected chi connectivity index (χ3v) is 6.84. The lowest BCUT2D eigenvalue weighted by Gasteiger charge is -2.15. The highest BCUT2D eigenvalue weighted by Gasteiger charge is 2.19. The van der Waals surface area contributed by atoms with Crippen LogP contribution in [0.1, 0.15) is 18.5 Å². The fourth-order valence-corrected chi connectivity index (χ4v) is 4.60. The van der Waals surface area contributed by atoms with E-state index in [0.29, 0.717) is 5.56 Å². The Labute approximate surface area is 153 Å². The first-order chi connectivity index (χ1) is 12.2. The van der Waals surface area contributed by atoms with Gasteiger partial charge in [0, 0.05) is 12.3 Å². The molecule has 0 aliphatic heterocycles. The third kappa shape index (κ3) is 3.95. The van der Waals surface area contributed by atoms with Gasteiger partial charge in [-0.15, -0.1) is 0 Å². The molecule has 3 rings (SSSR count). The van der Waals surface area contributed by atoms with E-state index in [1.807, 2.05) is 24.3 Å². The Hall–Kier alpha value is -2.22. The highest BCUT2D eigenvalue weighted by Crippen LogP contribution is 2.22. The molecule has 0 saturated heterocycles. The molecule has 1 atom stereocenters. The summed E-state index contributed by atoms with van der Waals surface area (Å²) in [5, 5.41) is 1.82. The van der Waals surface area contributed by atoms with Crippen molar-refractivity contribution in [2.75, 3.05) is 6.26 Å². The van der Waals surface area contributed by atoms with Crippen LogP contribution >= 0.6 is 0 Å². The van der Waals surface area contributed by atoms with Crippen LogP contribution in [0.2, 0.25) is 0 Å². The average molecular weight is 389 g/mol. The molecular weight excluding hydrogens is 370 g/mol. The largest absolute Gasteiger partial charge is 0.241 e. The molecular formula is C19H19NO4S2. The summed E-state index contributed by atoms with van der Waals surface area (Å²) in [6, 6.07) is 18.2. The summed E-state index contributed by atoms with van der Waals surface area (Å²) in [6.07, 6.45) is 1.13. The zero-order valence-corrected chi connectivity index (χ0v) is 16.0. The van der Waals surface area contributed by atoms with Crippen LogP contribution in [0.3, 0.4) is 0 Å². The van der Waals surface area contributed by atoms with Gasteiger partial charge in [0.2, 0.25) is 10.0 Å². The zero-order chi connectivity index (χ0) is 18.9. The maximum atomic E-state index is 12.7. The van der Waals surface area contributed by atoms with E-state index < -0.39 is 25.9 Å². The summed E-state index contributed by atoms with van der Waals surface area (Å²) in [6.45, 7) is 1.72. The Bertz CT molecular complexity index is 1150. The van der Waals surface area contributed by atoms with Gasteiger partial charge in [-0.05, 0) is 47.5 Å². The first-order valence-corrected chi connectivity index (χ1v) is 11.4. The van der Waals surface area contributed by atoms with Crippen molar-refractivity contribution >= 4 is 30.6 Å². The number of sulfonamides is 1. The number of benzene rings is 3. The Morgan fingerprint density at radius 3 is 1.96 bits per heavy atom. The van der Waals surface area contributed by atoms with Crippen LogP contribution in [0.4, 0.5) is 0 Å². The van der Waals surface area contributed by atoms with Crippen LogP contribution in [0.5, 0.6) is 0 Å². The van der Waals surface area contributed by atoms with E-state index in [2.05, 4.69) is 4.72 Å². The minimum absolute atomic E-state index is 0.191. The van der Waals surface area contributed by atoms with Crippen LogP contribution in [-0.2, 0) is 19.9 Å². The molecule has 0 heterocycles. The van der Waals surface area contributed by atoms with Gasteiger partial charge in [0.25, 0.3) is 0 Å². The molecule has 3 aromatic rings. The predicted molar refractivity (Wildman–Crippen MR) is 102 cm³/mol. The van der Waals surface area contributed by atoms with Gasteiger partial charge < -0.3 is 0 Å². The molecule has 7 heteroatoms. The smallest absolute Gasteiger partial charge is 0.224 e. The Kier molecular flexibility index (Phi) is 4.88. The summed E-state index contributed by atoms with van der Waals surface area (Å²) >= 11 is 0. The van der Waals surface area contributed by atoms with Gasteiger partial charge in [0.15, 0.2) is 9.84 Å². The number of sulfone groups is 1. The lowest BCUT2D eigenvalue weighted by atomic mass is 10.1. The van der Waals surface area contributed by atoms with Crippen molar-refractivity contribution in [1.82, 2.24) is 4.72 Å². The van der Waals surface area contributed by atoms with E-state index in [1.54, 1.807) is 37.3 Å². The second kappa shape index (κ2) is 6.83. The summed E-state index contributed by atoms with van der Waals surface area (Å²) in [7, 11) is -6.99. The lowest BCUT2D eigenvalue weighted by molar-refractivity contribution is 0.566. The summed E-state index contributed by atoms with van der Waals surface area (Å²) < 4.78 is 51.0. The Morgan fingerprint density at radius 1 is 0.769 bits per heavy atom. The molecule has 3 aromatic carbocycles. The van der Waals surface area contributed by atoms with Gasteiger partial charge in [-0.2, -0.15) is 0 Å². The molecule has 0 spiro atoms. The summed E-state index contributed by atoms with van der Waals surface area (Å²) in [4.78, 5) is 0.390. The number of fused-ring (bicyclic) bond motifs is 1. The molecule has 1 N–H and O–H groups in total. The van der Waals surface area contributed by atoms with Crippen molar-refractivity contribution in [3.05, 3.63) is 72.3 Å². The molecule has 0 aliphatic rings. The van der Waals surface area contributed by atoms with E-state index in [-0.39, 0.29) is 9.79 Å². The van der Waals surface area contributed by atoms with Crippen LogP contribution < -0.4 is 4.72 Å². The van der Waals surface area contributed by atoms with Crippen molar-refractivity contribution in [3.8, 4) is 0 Å². The second-order valence-electron chi connectivity index (χ2n) is 6.19. The van der Waals surface area contributed by atoms with Crippen molar-refractivity contribution in [3.63, 3.8) is 0 Å². The standard InChI is InChI=1S/C19H19NO4S2/c1-14(15-7-10-18(11-8-15)25(2,21)22)20-26(23,24)19-12-9-16-5-3-4-6-17(16)13-19/h3-14,20H,1-2H3/t14-/m1/s1. The monoisotopic (exact) mass is 389 g/mol. The van der Waals surface area contributed by atoms with Crippen LogP contribution in [0, 0.1) is 0 Å². The zero-order valence-electron chi connectivity index (χ0n) is 14.4. The normalized spacial score (nSPS) is 13.6. The van der Waals surface area contributed by atoms with Crippen molar-refractivity contribution < 1.29 is 16.8 Å². The molecule has 0 radical (unpaired) electrons. The molecule has 0 aliphatic carbocycles. The topological polar surface area (TPSA) is 80.3 Å². The molecule has 0 amide bonds. The maximum absolute atomic E-state index is 12.7. The highest BCUT2D eigenvalue weighted by atomic mass is 32.2. The number of hydrogen-bond donors (Lipinski definition) is 1. The van der Waals surface area contributed by atoms with Gasteiger partial charge in [-0.1, -0.05) is 42.5 Å². The fourth-order valence-electron chi connectivity index (χ4n) is 2.71. The van der Waals surface area contributed by atoms with Crippen LogP contribution in [-0.4, -0.2) is 23.1 Å². The molecule has 0 unspecified atom stereocenters. The Morgan fingerprint density at radius 2 is 1.35 bits per heavy atom. The molecule has 0 saturated carbocycles. The van der Waals surface area contributed by atoms with E-state index in [4.69, 9.17) is 0 Å². The first-order valence-electron chi connectivity index (χ1n) is 7.98. The minimum atomic E-state index is -3.71. The Balaban J connectivity index is 1.85. The van der Waals surface area contributed by atoms with Crippen LogP contribution in [0.15, 0.2) is 76.5 Å². The molecule has 136 valence electrons.